The lowest BCUT2D eigenvalue weighted by molar-refractivity contribution is 0.470. The van der Waals surface area contributed by atoms with Gasteiger partial charge in [-0.15, -0.1) is 11.3 Å². The molecule has 0 atom stereocenters. The van der Waals surface area contributed by atoms with Crippen LogP contribution in [0.4, 0.5) is 0 Å². The lowest BCUT2D eigenvalue weighted by Gasteiger charge is -1.93. The molecule has 0 saturated heterocycles. The molecule has 5 heteroatoms. The Balaban J connectivity index is 2.05. The van der Waals surface area contributed by atoms with Crippen molar-refractivity contribution in [1.29, 1.82) is 0 Å². The Morgan fingerprint density at radius 1 is 0.565 bits per heavy atom. The molecule has 2 N–H and O–H groups in total. The first kappa shape index (κ1) is 15.0. The molecule has 0 aliphatic heterocycles. The fraction of sp³-hybridized carbons (Fsp3) is 0. The van der Waals surface area contributed by atoms with Crippen molar-refractivity contribution in [3.8, 4) is 32.4 Å². The Morgan fingerprint density at radius 3 is 1.39 bits per heavy atom. The summed E-state index contributed by atoms with van der Waals surface area (Å²) >= 11 is 1.49. The second-order valence-corrected chi connectivity index (χ2v) is 5.99. The summed E-state index contributed by atoms with van der Waals surface area (Å²) < 4.78 is 0. The van der Waals surface area contributed by atoms with E-state index >= 15 is 0 Å². The predicted octanol–water partition coefficient (Wildman–Crippen LogP) is 3.21. The van der Waals surface area contributed by atoms with Crippen molar-refractivity contribution in [2.45, 2.75) is 0 Å². The summed E-state index contributed by atoms with van der Waals surface area (Å²) in [5.41, 5.74) is 0.765. The van der Waals surface area contributed by atoms with E-state index in [0.29, 0.717) is 0 Å². The summed E-state index contributed by atoms with van der Waals surface area (Å²) in [6.45, 7) is 0. The van der Waals surface area contributed by atoms with Gasteiger partial charge in [0.1, 0.15) is 0 Å². The topological polar surface area (TPSA) is 74.6 Å². The van der Waals surface area contributed by atoms with Crippen LogP contribution < -0.4 is 10.9 Å². The molecule has 2 aromatic carbocycles. The minimum absolute atomic E-state index is 0.290. The van der Waals surface area contributed by atoms with Crippen molar-refractivity contribution >= 4 is 11.3 Å². The molecule has 0 fully saturated rings. The molecule has 0 radical (unpaired) electrons. The van der Waals surface area contributed by atoms with Crippen LogP contribution in [-0.2, 0) is 0 Å². The maximum absolute atomic E-state index is 11.4. The molecule has 0 saturated carbocycles. The third-order valence-corrected chi connectivity index (χ3v) is 4.53. The van der Waals surface area contributed by atoms with E-state index in [1.165, 1.54) is 35.6 Å². The van der Waals surface area contributed by atoms with Crippen LogP contribution in [0.1, 0.15) is 0 Å². The summed E-state index contributed by atoms with van der Waals surface area (Å²) in [5, 5.41) is 18.9. The number of hydrogen-bond acceptors (Lipinski definition) is 5. The zero-order valence-electron chi connectivity index (χ0n) is 11.9. The van der Waals surface area contributed by atoms with Crippen LogP contribution >= 0.6 is 11.3 Å². The van der Waals surface area contributed by atoms with Gasteiger partial charge in [0, 0.05) is 9.75 Å². The number of thiophene rings is 1. The van der Waals surface area contributed by atoms with Gasteiger partial charge in [-0.2, -0.15) is 0 Å². The first-order chi connectivity index (χ1) is 11.0. The summed E-state index contributed by atoms with van der Waals surface area (Å²) in [4.78, 5) is 24.7. The molecule has 4 nitrogen and oxygen atoms in total. The van der Waals surface area contributed by atoms with Crippen LogP contribution in [0.15, 0.2) is 70.3 Å². The molecule has 1 heterocycles. The highest BCUT2D eigenvalue weighted by atomic mass is 32.1. The largest absolute Gasteiger partial charge is 0.504 e. The van der Waals surface area contributed by atoms with Crippen LogP contribution in [0.2, 0.25) is 0 Å². The minimum Gasteiger partial charge on any atom is -0.504 e. The van der Waals surface area contributed by atoms with E-state index in [-0.39, 0.29) is 11.5 Å². The van der Waals surface area contributed by atoms with Gasteiger partial charge in [-0.25, -0.2) is 0 Å². The Bertz CT molecular complexity index is 913. The quantitative estimate of drug-likeness (QED) is 0.759. The molecule has 23 heavy (non-hydrogen) atoms. The Hall–Kier alpha value is -2.92. The highest BCUT2D eigenvalue weighted by Crippen LogP contribution is 2.34. The molecule has 114 valence electrons. The Labute approximate surface area is 135 Å². The molecule has 0 amide bonds. The van der Waals surface area contributed by atoms with E-state index in [4.69, 9.17) is 0 Å². The van der Waals surface area contributed by atoms with Crippen LogP contribution in [0.3, 0.4) is 0 Å². The first-order valence-electron chi connectivity index (χ1n) is 6.82. The average molecular weight is 324 g/mol. The molecule has 0 spiro atoms. The van der Waals surface area contributed by atoms with Gasteiger partial charge in [0.25, 0.3) is 0 Å². The summed E-state index contributed by atoms with van der Waals surface area (Å²) in [6.07, 6.45) is 0. The predicted molar refractivity (Wildman–Crippen MR) is 91.1 cm³/mol. The van der Waals surface area contributed by atoms with E-state index in [9.17, 15) is 19.8 Å². The van der Waals surface area contributed by atoms with Gasteiger partial charge in [0.2, 0.25) is 10.9 Å². The minimum atomic E-state index is -0.429. The molecule has 0 unspecified atom stereocenters. The molecule has 3 aromatic rings. The molecule has 0 aliphatic carbocycles. The van der Waals surface area contributed by atoms with Crippen molar-refractivity contribution in [3.63, 3.8) is 0 Å². The highest BCUT2D eigenvalue weighted by Gasteiger charge is 2.05. The zero-order valence-corrected chi connectivity index (χ0v) is 12.7. The van der Waals surface area contributed by atoms with Gasteiger partial charge in [-0.3, -0.25) is 9.59 Å². The van der Waals surface area contributed by atoms with Crippen molar-refractivity contribution in [2.24, 2.45) is 0 Å². The average Bonchev–Trinajstić information content (AvgIpc) is 2.89. The first-order valence-corrected chi connectivity index (χ1v) is 7.63. The molecular formula is C18H12O4S. The maximum Gasteiger partial charge on any atom is 0.220 e. The van der Waals surface area contributed by atoms with Crippen LogP contribution in [0, 0.1) is 0 Å². The molecule has 1 aromatic heterocycles. The summed E-state index contributed by atoms with van der Waals surface area (Å²) in [7, 11) is 0. The summed E-state index contributed by atoms with van der Waals surface area (Å²) in [6, 6.07) is 15.9. The molecule has 0 bridgehead atoms. The van der Waals surface area contributed by atoms with Gasteiger partial charge in [-0.05, 0) is 71.8 Å². The van der Waals surface area contributed by atoms with Gasteiger partial charge in [0.05, 0.1) is 0 Å². The van der Waals surface area contributed by atoms with Crippen molar-refractivity contribution < 1.29 is 10.2 Å². The van der Waals surface area contributed by atoms with E-state index in [1.807, 2.05) is 12.1 Å². The second-order valence-electron chi connectivity index (χ2n) is 4.91. The monoisotopic (exact) mass is 324 g/mol. The fourth-order valence-corrected chi connectivity index (χ4v) is 3.11. The Morgan fingerprint density at radius 2 is 0.957 bits per heavy atom. The number of rotatable bonds is 2. The number of hydrogen-bond donors (Lipinski definition) is 2. The Kier molecular flexibility index (Phi) is 3.95. The third-order valence-electron chi connectivity index (χ3n) is 3.35. The van der Waals surface area contributed by atoms with Crippen LogP contribution in [0.5, 0.6) is 11.5 Å². The van der Waals surface area contributed by atoms with E-state index in [0.717, 1.165) is 20.9 Å². The normalized spacial score (nSPS) is 10.4. The van der Waals surface area contributed by atoms with Gasteiger partial charge >= 0.3 is 0 Å². The highest BCUT2D eigenvalue weighted by molar-refractivity contribution is 7.18. The lowest BCUT2D eigenvalue weighted by atomic mass is 10.2. The standard InChI is InChI=1S/C18H12O4S/c19-13-5-1-11(2-6-14(13)20)17-9-10-18(23-17)12-3-7-15(21)16(22)8-4-12/h1-10H,(H,19,20)(H,21,22). The van der Waals surface area contributed by atoms with Crippen LogP contribution in [0.25, 0.3) is 20.9 Å². The SMILES string of the molecule is O=c1ccc(-c2ccc(-c3ccc(O)c(=O)cc3)s2)ccc1O. The van der Waals surface area contributed by atoms with E-state index < -0.39 is 10.9 Å². The maximum atomic E-state index is 11.4. The van der Waals surface area contributed by atoms with Gasteiger partial charge in [0.15, 0.2) is 11.5 Å². The third kappa shape index (κ3) is 3.14. The summed E-state index contributed by atoms with van der Waals surface area (Å²) in [5.74, 6) is -0.580. The van der Waals surface area contributed by atoms with Gasteiger partial charge in [-0.1, -0.05) is 0 Å². The van der Waals surface area contributed by atoms with Crippen molar-refractivity contribution in [3.05, 3.63) is 81.1 Å². The van der Waals surface area contributed by atoms with Crippen LogP contribution in [-0.4, -0.2) is 10.2 Å². The molecule has 0 aliphatic rings. The lowest BCUT2D eigenvalue weighted by Crippen LogP contribution is -1.91. The smallest absolute Gasteiger partial charge is 0.220 e. The molecule has 3 rings (SSSR count). The van der Waals surface area contributed by atoms with Gasteiger partial charge < -0.3 is 10.2 Å². The zero-order chi connectivity index (χ0) is 16.4. The molecular weight excluding hydrogens is 312 g/mol. The number of aromatic hydroxyl groups is 2. The fourth-order valence-electron chi connectivity index (χ4n) is 2.09. The van der Waals surface area contributed by atoms with Crippen molar-refractivity contribution in [2.75, 3.05) is 0 Å². The van der Waals surface area contributed by atoms with E-state index in [1.54, 1.807) is 24.3 Å². The van der Waals surface area contributed by atoms with E-state index in [2.05, 4.69) is 0 Å². The van der Waals surface area contributed by atoms with Crippen molar-refractivity contribution in [1.82, 2.24) is 0 Å². The second kappa shape index (κ2) is 6.06.